The standard InChI is InChI=1S/C43H52ClN3O6/c1-27-8-6-7-9-30(27)17-19-47(33-12-13-33)41(49)40-35(24-32-25-46(26-37(40)45-32)39(48)16-18-43(4,5)42(50)51)31-10-14-34(15-11-31)52-20-21-53-38-23-29(3)28(2)22-36(38)44/h6-11,14-15,22-23,32-33,37,45H,12-13,16-21,24-26H2,1-5H3,(H,50,51)/t32-,37-/m1/s1. The van der Waals surface area contributed by atoms with Crippen LogP contribution in [0.25, 0.3) is 5.57 Å². The first kappa shape index (κ1) is 38.4. The summed E-state index contributed by atoms with van der Waals surface area (Å²) in [7, 11) is 0. The number of carboxylic acid groups (broad SMARTS) is 1. The van der Waals surface area contributed by atoms with Crippen molar-refractivity contribution in [2.75, 3.05) is 32.8 Å². The number of halogens is 1. The van der Waals surface area contributed by atoms with Crippen molar-refractivity contribution in [3.05, 3.63) is 99.1 Å². The molecule has 2 heterocycles. The molecule has 6 rings (SSSR count). The van der Waals surface area contributed by atoms with E-state index in [1.165, 1.54) is 11.1 Å². The Morgan fingerprint density at radius 3 is 2.34 bits per heavy atom. The number of carboxylic acids is 1. The zero-order valence-corrected chi connectivity index (χ0v) is 32.3. The third-order valence-corrected chi connectivity index (χ3v) is 11.3. The normalized spacial score (nSPS) is 18.5. The van der Waals surface area contributed by atoms with Crippen LogP contribution in [0.15, 0.2) is 66.2 Å². The molecule has 9 nitrogen and oxygen atoms in total. The SMILES string of the molecule is Cc1cc(Cl)c(OCCOc2ccc(C3=C(C(=O)N(CCc4ccccc4C)C4CC4)[C@H]4CN(C(=O)CCC(C)(C)C(=O)O)C[C@@H](C3)N4)cc2)cc1C. The summed E-state index contributed by atoms with van der Waals surface area (Å²) in [5.74, 6) is 0.370. The summed E-state index contributed by atoms with van der Waals surface area (Å²) < 4.78 is 11.9. The summed E-state index contributed by atoms with van der Waals surface area (Å²) in [5.41, 5.74) is 6.37. The van der Waals surface area contributed by atoms with Crippen molar-refractivity contribution in [2.24, 2.45) is 5.41 Å². The average Bonchev–Trinajstić information content (AvgIpc) is 3.97. The van der Waals surface area contributed by atoms with Crippen LogP contribution < -0.4 is 14.8 Å². The number of carbonyl (C=O) groups excluding carboxylic acids is 2. The molecular formula is C43H52ClN3O6. The number of benzene rings is 3. The molecule has 2 atom stereocenters. The molecular weight excluding hydrogens is 690 g/mol. The molecule has 2 aliphatic heterocycles. The molecule has 3 aliphatic rings. The van der Waals surface area contributed by atoms with Crippen LogP contribution >= 0.6 is 11.6 Å². The van der Waals surface area contributed by atoms with Gasteiger partial charge in [0.1, 0.15) is 24.7 Å². The maximum Gasteiger partial charge on any atom is 0.309 e. The first-order chi connectivity index (χ1) is 25.3. The van der Waals surface area contributed by atoms with E-state index in [-0.39, 0.29) is 42.8 Å². The second-order valence-corrected chi connectivity index (χ2v) is 15.9. The van der Waals surface area contributed by atoms with E-state index in [0.717, 1.165) is 41.5 Å². The number of fused-ring (bicyclic) bond motifs is 2. The van der Waals surface area contributed by atoms with E-state index < -0.39 is 11.4 Å². The smallest absolute Gasteiger partial charge is 0.309 e. The number of hydrogen-bond donors (Lipinski definition) is 2. The van der Waals surface area contributed by atoms with Crippen LogP contribution in [-0.2, 0) is 20.8 Å². The summed E-state index contributed by atoms with van der Waals surface area (Å²) in [4.78, 5) is 43.9. The van der Waals surface area contributed by atoms with Crippen molar-refractivity contribution in [1.82, 2.24) is 15.1 Å². The fraction of sp³-hybridized carbons (Fsp3) is 0.465. The molecule has 1 saturated carbocycles. The zero-order valence-electron chi connectivity index (χ0n) is 31.5. The molecule has 0 aromatic heterocycles. The van der Waals surface area contributed by atoms with E-state index >= 15 is 0 Å². The van der Waals surface area contributed by atoms with Crippen LogP contribution in [0.4, 0.5) is 0 Å². The Balaban J connectivity index is 1.21. The molecule has 3 aromatic carbocycles. The minimum absolute atomic E-state index is 0.0239. The number of hydrogen-bond acceptors (Lipinski definition) is 6. The second kappa shape index (κ2) is 16.4. The molecule has 10 heteroatoms. The molecule has 1 aliphatic carbocycles. The summed E-state index contributed by atoms with van der Waals surface area (Å²) >= 11 is 6.37. The van der Waals surface area contributed by atoms with Crippen molar-refractivity contribution in [1.29, 1.82) is 0 Å². The number of aryl methyl sites for hydroxylation is 3. The van der Waals surface area contributed by atoms with Crippen LogP contribution in [0, 0.1) is 26.2 Å². The lowest BCUT2D eigenvalue weighted by molar-refractivity contribution is -0.148. The Morgan fingerprint density at radius 1 is 0.943 bits per heavy atom. The Kier molecular flexibility index (Phi) is 11.8. The number of ether oxygens (including phenoxy) is 2. The van der Waals surface area contributed by atoms with Crippen molar-refractivity contribution >= 4 is 35.0 Å². The summed E-state index contributed by atoms with van der Waals surface area (Å²) in [6, 6.07) is 19.9. The Bertz CT molecular complexity index is 1870. The maximum absolute atomic E-state index is 14.8. The van der Waals surface area contributed by atoms with Crippen LogP contribution in [0.1, 0.15) is 73.8 Å². The van der Waals surface area contributed by atoms with Crippen molar-refractivity contribution < 1.29 is 29.0 Å². The lowest BCUT2D eigenvalue weighted by atomic mass is 9.82. The molecule has 282 valence electrons. The van der Waals surface area contributed by atoms with Gasteiger partial charge >= 0.3 is 5.97 Å². The first-order valence-corrected chi connectivity index (χ1v) is 19.2. The van der Waals surface area contributed by atoms with Crippen molar-refractivity contribution in [3.63, 3.8) is 0 Å². The summed E-state index contributed by atoms with van der Waals surface area (Å²) in [6.45, 7) is 11.6. The zero-order chi connectivity index (χ0) is 37.9. The van der Waals surface area contributed by atoms with Gasteiger partial charge in [-0.2, -0.15) is 0 Å². The number of piperazine rings is 1. The van der Waals surface area contributed by atoms with E-state index in [1.54, 1.807) is 13.8 Å². The average molecular weight is 742 g/mol. The number of nitrogens with one attached hydrogen (secondary N) is 1. The van der Waals surface area contributed by atoms with E-state index in [9.17, 15) is 19.5 Å². The Morgan fingerprint density at radius 2 is 1.64 bits per heavy atom. The predicted molar refractivity (Wildman–Crippen MR) is 207 cm³/mol. The molecule has 2 N–H and O–H groups in total. The fourth-order valence-corrected chi connectivity index (χ4v) is 7.58. The summed E-state index contributed by atoms with van der Waals surface area (Å²) in [5, 5.41) is 13.9. The third kappa shape index (κ3) is 9.25. The quantitative estimate of drug-likeness (QED) is 0.159. The van der Waals surface area contributed by atoms with E-state index in [1.807, 2.05) is 67.3 Å². The fourth-order valence-electron chi connectivity index (χ4n) is 7.31. The number of aliphatic carboxylic acids is 1. The van der Waals surface area contributed by atoms with E-state index in [0.29, 0.717) is 61.4 Å². The minimum atomic E-state index is -0.994. The molecule has 0 unspecified atom stereocenters. The van der Waals surface area contributed by atoms with Gasteiger partial charge in [-0.3, -0.25) is 14.4 Å². The largest absolute Gasteiger partial charge is 0.490 e. The lowest BCUT2D eigenvalue weighted by Gasteiger charge is -2.45. The number of carbonyl (C=O) groups is 3. The van der Waals surface area contributed by atoms with Crippen molar-refractivity contribution in [3.8, 4) is 11.5 Å². The lowest BCUT2D eigenvalue weighted by Crippen LogP contribution is -2.62. The Labute approximate surface area is 318 Å². The molecule has 2 fully saturated rings. The van der Waals surface area contributed by atoms with Gasteiger partial charge in [0.25, 0.3) is 5.91 Å². The number of nitrogens with zero attached hydrogens (tertiary/aromatic N) is 2. The van der Waals surface area contributed by atoms with Gasteiger partial charge in [-0.15, -0.1) is 0 Å². The van der Waals surface area contributed by atoms with Crippen LogP contribution in [0.2, 0.25) is 5.02 Å². The molecule has 0 radical (unpaired) electrons. The van der Waals surface area contributed by atoms with Gasteiger partial charge in [0.05, 0.1) is 16.5 Å². The van der Waals surface area contributed by atoms with E-state index in [4.69, 9.17) is 21.1 Å². The predicted octanol–water partition coefficient (Wildman–Crippen LogP) is 7.17. The van der Waals surface area contributed by atoms with E-state index in [2.05, 4.69) is 29.3 Å². The topological polar surface area (TPSA) is 108 Å². The molecule has 3 aromatic rings. The number of amides is 2. The molecule has 1 saturated heterocycles. The second-order valence-electron chi connectivity index (χ2n) is 15.5. The van der Waals surface area contributed by atoms with Gasteiger partial charge in [-0.1, -0.05) is 48.0 Å². The van der Waals surface area contributed by atoms with Gasteiger partial charge in [-0.05, 0) is 124 Å². The van der Waals surface area contributed by atoms with Gasteiger partial charge in [0, 0.05) is 43.7 Å². The molecule has 53 heavy (non-hydrogen) atoms. The van der Waals surface area contributed by atoms with Gasteiger partial charge in [-0.25, -0.2) is 0 Å². The number of rotatable bonds is 15. The highest BCUT2D eigenvalue weighted by Crippen LogP contribution is 2.38. The third-order valence-electron chi connectivity index (χ3n) is 11.0. The molecule has 2 bridgehead atoms. The van der Waals surface area contributed by atoms with Gasteiger partial charge in [0.15, 0.2) is 0 Å². The van der Waals surface area contributed by atoms with Crippen LogP contribution in [0.3, 0.4) is 0 Å². The minimum Gasteiger partial charge on any atom is -0.490 e. The van der Waals surface area contributed by atoms with Gasteiger partial charge < -0.3 is 29.7 Å². The monoisotopic (exact) mass is 741 g/mol. The van der Waals surface area contributed by atoms with Crippen LogP contribution in [0.5, 0.6) is 11.5 Å². The maximum atomic E-state index is 14.8. The van der Waals surface area contributed by atoms with Gasteiger partial charge in [0.2, 0.25) is 5.91 Å². The molecule has 2 amide bonds. The highest BCUT2D eigenvalue weighted by molar-refractivity contribution is 6.32. The first-order valence-electron chi connectivity index (χ1n) is 18.8. The molecule has 0 spiro atoms. The van der Waals surface area contributed by atoms with Crippen molar-refractivity contribution in [2.45, 2.75) is 91.3 Å². The van der Waals surface area contributed by atoms with Crippen LogP contribution in [-0.4, -0.2) is 83.7 Å². The summed E-state index contributed by atoms with van der Waals surface area (Å²) in [6.07, 6.45) is 3.72. The Hall–Kier alpha value is -4.34. The highest BCUT2D eigenvalue weighted by Gasteiger charge is 2.43. The highest BCUT2D eigenvalue weighted by atomic mass is 35.5.